The monoisotopic (exact) mass is 741 g/mol. The maximum atomic E-state index is 6.26. The van der Waals surface area contributed by atoms with Crippen molar-refractivity contribution >= 4 is 60.8 Å². The molecule has 4 nitrogen and oxygen atoms in total. The van der Waals surface area contributed by atoms with Gasteiger partial charge in [0.15, 0.2) is 0 Å². The maximum Gasteiger partial charge on any atom is 0.135 e. The molecular weight excluding hydrogens is 707 g/mol. The lowest BCUT2D eigenvalue weighted by Gasteiger charge is -2.28. The molecule has 11 aromatic rings. The largest absolute Gasteiger partial charge is 0.456 e. The molecule has 0 atom stereocenters. The first-order valence-electron chi connectivity index (χ1n) is 19.6. The highest BCUT2D eigenvalue weighted by Crippen LogP contribution is 2.44. The number of aromatic nitrogens is 2. The van der Waals surface area contributed by atoms with E-state index in [2.05, 4.69) is 181 Å². The van der Waals surface area contributed by atoms with Crippen LogP contribution >= 0.6 is 0 Å². The van der Waals surface area contributed by atoms with Crippen LogP contribution in [0.4, 0.5) is 17.1 Å². The van der Waals surface area contributed by atoms with E-state index in [-0.39, 0.29) is 0 Å². The summed E-state index contributed by atoms with van der Waals surface area (Å²) in [6, 6.07) is 74.5. The van der Waals surface area contributed by atoms with Crippen molar-refractivity contribution in [2.75, 3.05) is 4.90 Å². The Morgan fingerprint density at radius 1 is 0.362 bits per heavy atom. The van der Waals surface area contributed by atoms with Crippen molar-refractivity contribution in [1.82, 2.24) is 9.97 Å². The van der Waals surface area contributed by atoms with Gasteiger partial charge in [0.25, 0.3) is 0 Å². The fourth-order valence-electron chi connectivity index (χ4n) is 8.26. The van der Waals surface area contributed by atoms with Crippen LogP contribution < -0.4 is 4.90 Å². The summed E-state index contributed by atoms with van der Waals surface area (Å²) >= 11 is 0. The Bertz CT molecular complexity index is 3280. The lowest BCUT2D eigenvalue weighted by molar-refractivity contribution is 0.669. The molecule has 272 valence electrons. The number of para-hydroxylation sites is 2. The number of hydrogen-bond donors (Lipinski definition) is 0. The van der Waals surface area contributed by atoms with Crippen molar-refractivity contribution in [2.45, 2.75) is 0 Å². The predicted octanol–water partition coefficient (Wildman–Crippen LogP) is 14.8. The highest BCUT2D eigenvalue weighted by atomic mass is 16.3. The molecule has 11 rings (SSSR count). The van der Waals surface area contributed by atoms with Crippen molar-refractivity contribution in [3.05, 3.63) is 212 Å². The Balaban J connectivity index is 1.06. The molecule has 58 heavy (non-hydrogen) atoms. The van der Waals surface area contributed by atoms with E-state index in [9.17, 15) is 0 Å². The standard InChI is InChI=1S/C54H35N3O/c1-4-15-36(16-5-1)44-23-10-12-25-49(44)57(43-29-32-51-47(35-43)46-24-11-13-26-50(46)58-51)42-22-14-21-39(34-42)40-27-30-45-41(33-40)28-31-48-54(45)56-53(38-19-8-3-9-20-38)52(55-48)37-17-6-2-7-18-37/h1-35H. The van der Waals surface area contributed by atoms with Crippen LogP contribution in [-0.2, 0) is 0 Å². The van der Waals surface area contributed by atoms with E-state index in [1.165, 1.54) is 0 Å². The van der Waals surface area contributed by atoms with Crippen LogP contribution in [0, 0.1) is 0 Å². The van der Waals surface area contributed by atoms with Gasteiger partial charge in [-0.25, -0.2) is 9.97 Å². The minimum Gasteiger partial charge on any atom is -0.456 e. The van der Waals surface area contributed by atoms with Gasteiger partial charge in [0.1, 0.15) is 11.2 Å². The van der Waals surface area contributed by atoms with Crippen LogP contribution in [0.1, 0.15) is 0 Å². The van der Waals surface area contributed by atoms with Crippen molar-refractivity contribution in [2.24, 2.45) is 0 Å². The van der Waals surface area contributed by atoms with Crippen LogP contribution in [0.15, 0.2) is 217 Å². The molecule has 0 amide bonds. The van der Waals surface area contributed by atoms with Gasteiger partial charge in [0, 0.05) is 44.2 Å². The molecule has 0 spiro atoms. The van der Waals surface area contributed by atoms with Crippen LogP contribution in [0.25, 0.3) is 88.5 Å². The fraction of sp³-hybridized carbons (Fsp3) is 0. The summed E-state index contributed by atoms with van der Waals surface area (Å²) in [4.78, 5) is 12.9. The lowest BCUT2D eigenvalue weighted by Crippen LogP contribution is -2.11. The predicted molar refractivity (Wildman–Crippen MR) is 241 cm³/mol. The second kappa shape index (κ2) is 14.0. The van der Waals surface area contributed by atoms with Gasteiger partial charge >= 0.3 is 0 Å². The van der Waals surface area contributed by atoms with E-state index in [4.69, 9.17) is 14.4 Å². The SMILES string of the molecule is c1ccc(-c2ccccc2N(c2cccc(-c3ccc4c(ccc5nc(-c6ccccc6)c(-c6ccccc6)nc54)c3)c2)c2ccc3oc4ccccc4c3c2)cc1. The van der Waals surface area contributed by atoms with E-state index >= 15 is 0 Å². The zero-order valence-electron chi connectivity index (χ0n) is 31.5. The third kappa shape index (κ3) is 5.87. The fourth-order valence-corrected chi connectivity index (χ4v) is 8.26. The van der Waals surface area contributed by atoms with E-state index < -0.39 is 0 Å². The number of hydrogen-bond acceptors (Lipinski definition) is 4. The van der Waals surface area contributed by atoms with Gasteiger partial charge in [-0.3, -0.25) is 0 Å². The molecule has 0 saturated carbocycles. The van der Waals surface area contributed by atoms with Gasteiger partial charge in [-0.05, 0) is 76.7 Å². The number of nitrogens with zero attached hydrogens (tertiary/aromatic N) is 3. The van der Waals surface area contributed by atoms with Crippen molar-refractivity contribution < 1.29 is 4.42 Å². The Kier molecular flexibility index (Phi) is 8.11. The first-order valence-corrected chi connectivity index (χ1v) is 19.6. The third-order valence-electron chi connectivity index (χ3n) is 11.0. The third-order valence-corrected chi connectivity index (χ3v) is 11.0. The summed E-state index contributed by atoms with van der Waals surface area (Å²) in [5, 5.41) is 4.37. The molecule has 0 saturated heterocycles. The summed E-state index contributed by atoms with van der Waals surface area (Å²) in [6.07, 6.45) is 0. The van der Waals surface area contributed by atoms with Crippen LogP contribution in [0.3, 0.4) is 0 Å². The van der Waals surface area contributed by atoms with Gasteiger partial charge in [0.05, 0.1) is 28.1 Å². The minimum atomic E-state index is 0.871. The molecule has 0 aliphatic rings. The zero-order valence-corrected chi connectivity index (χ0v) is 31.5. The molecule has 0 N–H and O–H groups in total. The molecule has 0 fully saturated rings. The lowest BCUT2D eigenvalue weighted by atomic mass is 9.98. The molecule has 0 aliphatic carbocycles. The number of furan rings is 1. The van der Waals surface area contributed by atoms with E-state index in [0.717, 1.165) is 106 Å². The molecule has 0 radical (unpaired) electrons. The van der Waals surface area contributed by atoms with Gasteiger partial charge in [-0.2, -0.15) is 0 Å². The quantitative estimate of drug-likeness (QED) is 0.153. The van der Waals surface area contributed by atoms with Crippen LogP contribution in [-0.4, -0.2) is 9.97 Å². The Morgan fingerprint density at radius 2 is 0.983 bits per heavy atom. The molecular formula is C54H35N3O. The summed E-state index contributed by atoms with van der Waals surface area (Å²) in [5.74, 6) is 0. The maximum absolute atomic E-state index is 6.26. The first kappa shape index (κ1) is 33.5. The summed E-state index contributed by atoms with van der Waals surface area (Å²) in [6.45, 7) is 0. The van der Waals surface area contributed by atoms with E-state index in [1.54, 1.807) is 0 Å². The van der Waals surface area contributed by atoms with Crippen LogP contribution in [0.5, 0.6) is 0 Å². The number of benzene rings is 9. The topological polar surface area (TPSA) is 42.2 Å². The highest BCUT2D eigenvalue weighted by molar-refractivity contribution is 6.08. The highest BCUT2D eigenvalue weighted by Gasteiger charge is 2.20. The van der Waals surface area contributed by atoms with Gasteiger partial charge in [-0.15, -0.1) is 0 Å². The average molecular weight is 742 g/mol. The molecule has 0 unspecified atom stereocenters. The molecule has 0 bridgehead atoms. The molecule has 9 aromatic carbocycles. The molecule has 4 heteroatoms. The summed E-state index contributed by atoms with van der Waals surface area (Å²) in [7, 11) is 0. The number of fused-ring (bicyclic) bond motifs is 6. The smallest absolute Gasteiger partial charge is 0.135 e. The molecule has 2 aromatic heterocycles. The number of rotatable bonds is 7. The normalized spacial score (nSPS) is 11.4. The van der Waals surface area contributed by atoms with Gasteiger partial charge < -0.3 is 9.32 Å². The second-order valence-electron chi connectivity index (χ2n) is 14.6. The second-order valence-corrected chi connectivity index (χ2v) is 14.6. The van der Waals surface area contributed by atoms with Gasteiger partial charge in [-0.1, -0.05) is 158 Å². The number of anilines is 3. The first-order chi connectivity index (χ1) is 28.7. The Morgan fingerprint density at radius 3 is 1.78 bits per heavy atom. The van der Waals surface area contributed by atoms with Gasteiger partial charge in [0.2, 0.25) is 0 Å². The average Bonchev–Trinajstić information content (AvgIpc) is 3.68. The van der Waals surface area contributed by atoms with E-state index in [1.807, 2.05) is 36.4 Å². The Hall–Kier alpha value is -7.82. The molecule has 0 aliphatic heterocycles. The summed E-state index contributed by atoms with van der Waals surface area (Å²) < 4.78 is 6.26. The van der Waals surface area contributed by atoms with Crippen LogP contribution in [0.2, 0.25) is 0 Å². The summed E-state index contributed by atoms with van der Waals surface area (Å²) in [5.41, 5.74) is 15.1. The molecule has 2 heterocycles. The Labute approximate surface area is 335 Å². The zero-order chi connectivity index (χ0) is 38.4. The van der Waals surface area contributed by atoms with Crippen molar-refractivity contribution in [1.29, 1.82) is 0 Å². The minimum absolute atomic E-state index is 0.871. The van der Waals surface area contributed by atoms with Crippen molar-refractivity contribution in [3.8, 4) is 44.8 Å². The van der Waals surface area contributed by atoms with E-state index in [0.29, 0.717) is 0 Å². The van der Waals surface area contributed by atoms with Crippen molar-refractivity contribution in [3.63, 3.8) is 0 Å².